The summed E-state index contributed by atoms with van der Waals surface area (Å²) in [7, 11) is -2.54. The van der Waals surface area contributed by atoms with Crippen molar-refractivity contribution >= 4 is 62.4 Å². The Kier molecular flexibility index (Phi) is 6.94. The highest BCUT2D eigenvalue weighted by molar-refractivity contribution is 7.86. The molecule has 0 saturated heterocycles. The topological polar surface area (TPSA) is 132 Å². The number of aromatic nitrogens is 3. The first-order valence-electron chi connectivity index (χ1n) is 8.63. The first-order valence-corrected chi connectivity index (χ1v) is 11.6. The standard InChI is InChI=1S/C18H14Cl3N5O5S/c1-22-17(27)10-6-9(19)7-12(21)15(10)24-18(28)13-8-14(31-32(2,29)30)25-26(13)16-11(20)4-3-5-23-16/h3-8H,1-2H3,(H,22,27)(H,24,28). The zero-order valence-electron chi connectivity index (χ0n) is 16.4. The van der Waals surface area contributed by atoms with Gasteiger partial charge in [0.05, 0.1) is 27.6 Å². The van der Waals surface area contributed by atoms with Crippen molar-refractivity contribution in [1.82, 2.24) is 20.1 Å². The number of rotatable bonds is 6. The number of hydrogen-bond acceptors (Lipinski definition) is 7. The smallest absolute Gasteiger partial charge is 0.307 e. The minimum absolute atomic E-state index is 0.000932. The maximum Gasteiger partial charge on any atom is 0.307 e. The van der Waals surface area contributed by atoms with Gasteiger partial charge in [0.15, 0.2) is 5.82 Å². The van der Waals surface area contributed by atoms with Gasteiger partial charge in [-0.15, -0.1) is 5.10 Å². The molecule has 0 aliphatic rings. The number of nitrogens with one attached hydrogen (secondary N) is 2. The highest BCUT2D eigenvalue weighted by Gasteiger charge is 2.24. The molecular formula is C18H14Cl3N5O5S. The van der Waals surface area contributed by atoms with Gasteiger partial charge < -0.3 is 14.8 Å². The molecule has 0 unspecified atom stereocenters. The molecule has 3 rings (SSSR count). The monoisotopic (exact) mass is 517 g/mol. The van der Waals surface area contributed by atoms with Gasteiger partial charge >= 0.3 is 10.1 Å². The zero-order chi connectivity index (χ0) is 23.6. The van der Waals surface area contributed by atoms with Crippen LogP contribution in [0, 0.1) is 0 Å². The van der Waals surface area contributed by atoms with E-state index in [-0.39, 0.29) is 37.8 Å². The van der Waals surface area contributed by atoms with Gasteiger partial charge in [0.1, 0.15) is 5.69 Å². The number of nitrogens with zero attached hydrogens (tertiary/aromatic N) is 3. The fourth-order valence-electron chi connectivity index (χ4n) is 2.60. The molecule has 2 heterocycles. The lowest BCUT2D eigenvalue weighted by Crippen LogP contribution is -2.23. The van der Waals surface area contributed by atoms with Gasteiger partial charge in [-0.2, -0.15) is 8.42 Å². The molecule has 14 heteroatoms. The molecule has 1 aromatic carbocycles. The molecule has 0 aliphatic heterocycles. The Labute approximate surface area is 197 Å². The highest BCUT2D eigenvalue weighted by Crippen LogP contribution is 2.31. The predicted octanol–water partition coefficient (Wildman–Crippen LogP) is 3.18. The molecule has 2 aromatic heterocycles. The molecule has 0 fully saturated rings. The van der Waals surface area contributed by atoms with Crippen molar-refractivity contribution in [3.05, 3.63) is 62.9 Å². The quantitative estimate of drug-likeness (QED) is 0.479. The van der Waals surface area contributed by atoms with Gasteiger partial charge in [0, 0.05) is 24.3 Å². The van der Waals surface area contributed by atoms with E-state index in [1.54, 1.807) is 6.07 Å². The molecular weight excluding hydrogens is 505 g/mol. The first-order chi connectivity index (χ1) is 15.0. The molecule has 0 spiro atoms. The van der Waals surface area contributed by atoms with E-state index in [4.69, 9.17) is 39.0 Å². The van der Waals surface area contributed by atoms with Crippen molar-refractivity contribution in [2.24, 2.45) is 0 Å². The molecule has 3 aromatic rings. The summed E-state index contributed by atoms with van der Waals surface area (Å²) < 4.78 is 28.8. The van der Waals surface area contributed by atoms with E-state index in [1.165, 1.54) is 31.4 Å². The van der Waals surface area contributed by atoms with Crippen molar-refractivity contribution in [2.75, 3.05) is 18.6 Å². The second kappa shape index (κ2) is 9.33. The van der Waals surface area contributed by atoms with Gasteiger partial charge in [-0.1, -0.05) is 34.8 Å². The largest absolute Gasteiger partial charge is 0.360 e. The van der Waals surface area contributed by atoms with Crippen molar-refractivity contribution in [3.8, 4) is 11.7 Å². The zero-order valence-corrected chi connectivity index (χ0v) is 19.5. The summed E-state index contributed by atoms with van der Waals surface area (Å²) in [4.78, 5) is 29.4. The van der Waals surface area contributed by atoms with E-state index >= 15 is 0 Å². The molecule has 0 bridgehead atoms. The van der Waals surface area contributed by atoms with E-state index in [2.05, 4.69) is 20.7 Å². The molecule has 0 aliphatic carbocycles. The number of carbonyl (C=O) groups is 2. The first kappa shape index (κ1) is 23.8. The van der Waals surface area contributed by atoms with Gasteiger partial charge in [0.2, 0.25) is 0 Å². The predicted molar refractivity (Wildman–Crippen MR) is 120 cm³/mol. The van der Waals surface area contributed by atoms with E-state index in [0.717, 1.165) is 17.0 Å². The van der Waals surface area contributed by atoms with Gasteiger partial charge in [-0.05, 0) is 24.3 Å². The molecule has 32 heavy (non-hydrogen) atoms. The van der Waals surface area contributed by atoms with Crippen molar-refractivity contribution in [1.29, 1.82) is 0 Å². The lowest BCUT2D eigenvalue weighted by molar-refractivity contribution is 0.0964. The maximum atomic E-state index is 13.1. The fraction of sp³-hybridized carbons (Fsp3) is 0.111. The summed E-state index contributed by atoms with van der Waals surface area (Å²) in [5, 5.41) is 9.23. The highest BCUT2D eigenvalue weighted by atomic mass is 35.5. The number of halogens is 3. The minimum Gasteiger partial charge on any atom is -0.360 e. The Morgan fingerprint density at radius 1 is 1.09 bits per heavy atom. The molecule has 2 N–H and O–H groups in total. The Balaban J connectivity index is 2.11. The third-order valence-corrected chi connectivity index (χ3v) is 5.15. The summed E-state index contributed by atoms with van der Waals surface area (Å²) in [5.74, 6) is -1.71. The van der Waals surface area contributed by atoms with Gasteiger partial charge in [0.25, 0.3) is 17.7 Å². The molecule has 168 valence electrons. The second-order valence-electron chi connectivity index (χ2n) is 6.22. The number of pyridine rings is 1. The van der Waals surface area contributed by atoms with Crippen LogP contribution in [0.5, 0.6) is 5.88 Å². The third-order valence-electron chi connectivity index (χ3n) is 3.86. The maximum absolute atomic E-state index is 13.1. The Morgan fingerprint density at radius 3 is 2.44 bits per heavy atom. The van der Waals surface area contributed by atoms with Crippen LogP contribution in [-0.4, -0.2) is 48.3 Å². The summed E-state index contributed by atoms with van der Waals surface area (Å²) >= 11 is 18.3. The minimum atomic E-state index is -3.94. The summed E-state index contributed by atoms with van der Waals surface area (Å²) in [5.41, 5.74) is -0.211. The number of anilines is 1. The van der Waals surface area contributed by atoms with Gasteiger partial charge in [-0.3, -0.25) is 9.59 Å². The van der Waals surface area contributed by atoms with Crippen LogP contribution >= 0.6 is 34.8 Å². The van der Waals surface area contributed by atoms with Gasteiger partial charge in [-0.25, -0.2) is 9.67 Å². The van der Waals surface area contributed by atoms with Crippen LogP contribution in [0.25, 0.3) is 5.82 Å². The van der Waals surface area contributed by atoms with E-state index in [9.17, 15) is 18.0 Å². The molecule has 10 nitrogen and oxygen atoms in total. The number of hydrogen-bond donors (Lipinski definition) is 2. The third kappa shape index (κ3) is 5.30. The van der Waals surface area contributed by atoms with Crippen LogP contribution in [0.1, 0.15) is 20.8 Å². The molecule has 0 radical (unpaired) electrons. The number of benzene rings is 1. The van der Waals surface area contributed by atoms with Crippen molar-refractivity contribution in [2.45, 2.75) is 0 Å². The van der Waals surface area contributed by atoms with Crippen LogP contribution in [0.4, 0.5) is 5.69 Å². The van der Waals surface area contributed by atoms with Crippen LogP contribution in [-0.2, 0) is 10.1 Å². The lowest BCUT2D eigenvalue weighted by Gasteiger charge is -2.13. The molecule has 2 amide bonds. The second-order valence-corrected chi connectivity index (χ2v) is 9.05. The van der Waals surface area contributed by atoms with Crippen LogP contribution in [0.2, 0.25) is 15.1 Å². The van der Waals surface area contributed by atoms with Crippen molar-refractivity contribution in [3.63, 3.8) is 0 Å². The summed E-state index contributed by atoms with van der Waals surface area (Å²) in [6.45, 7) is 0. The average Bonchev–Trinajstić information content (AvgIpc) is 3.11. The van der Waals surface area contributed by atoms with Crippen LogP contribution in [0.3, 0.4) is 0 Å². The number of amides is 2. The summed E-state index contributed by atoms with van der Waals surface area (Å²) in [6.07, 6.45) is 2.23. The molecule has 0 atom stereocenters. The Bertz CT molecular complexity index is 1330. The van der Waals surface area contributed by atoms with Crippen molar-refractivity contribution < 1.29 is 22.2 Å². The van der Waals surface area contributed by atoms with Crippen LogP contribution < -0.4 is 14.8 Å². The van der Waals surface area contributed by atoms with E-state index in [1.807, 2.05) is 0 Å². The average molecular weight is 519 g/mol. The van der Waals surface area contributed by atoms with E-state index in [0.29, 0.717) is 0 Å². The normalized spacial score (nSPS) is 11.2. The SMILES string of the molecule is CNC(=O)c1cc(Cl)cc(Cl)c1NC(=O)c1cc(OS(C)(=O)=O)nn1-c1ncccc1Cl. The van der Waals surface area contributed by atoms with E-state index < -0.39 is 27.8 Å². The number of carbonyl (C=O) groups excluding carboxylic acids is 2. The Morgan fingerprint density at radius 2 is 1.81 bits per heavy atom. The molecule has 0 saturated carbocycles. The Hall–Kier alpha value is -2.86. The van der Waals surface area contributed by atoms with Crippen LogP contribution in [0.15, 0.2) is 36.5 Å². The lowest BCUT2D eigenvalue weighted by atomic mass is 10.1. The fourth-order valence-corrected chi connectivity index (χ4v) is 3.74. The summed E-state index contributed by atoms with van der Waals surface area (Å²) in [6, 6.07) is 6.81.